The Morgan fingerprint density at radius 1 is 1.24 bits per heavy atom. The number of amides is 1. The molecule has 0 radical (unpaired) electrons. The summed E-state index contributed by atoms with van der Waals surface area (Å²) in [5, 5.41) is 18.0. The van der Waals surface area contributed by atoms with Crippen LogP contribution in [-0.2, 0) is 4.79 Å². The normalized spacial score (nSPS) is 19.4. The van der Waals surface area contributed by atoms with Gasteiger partial charge in [0.25, 0.3) is 0 Å². The Balaban J connectivity index is 1.37. The molecule has 0 saturated heterocycles. The fourth-order valence-electron chi connectivity index (χ4n) is 4.12. The highest BCUT2D eigenvalue weighted by Gasteiger charge is 2.42. The van der Waals surface area contributed by atoms with Crippen LogP contribution in [0.15, 0.2) is 36.7 Å². The van der Waals surface area contributed by atoms with Crippen molar-refractivity contribution in [1.29, 1.82) is 0 Å². The molecule has 174 valence electrons. The number of carbonyl (C=O) groups excluding carboxylic acids is 1. The van der Waals surface area contributed by atoms with Crippen molar-refractivity contribution in [3.05, 3.63) is 42.4 Å². The van der Waals surface area contributed by atoms with E-state index in [1.807, 2.05) is 31.2 Å². The number of halogens is 2. The molecule has 0 atom stereocenters. The summed E-state index contributed by atoms with van der Waals surface area (Å²) < 4.78 is 34.6. The number of aliphatic hydroxyl groups is 1. The zero-order valence-corrected chi connectivity index (χ0v) is 18.4. The van der Waals surface area contributed by atoms with Gasteiger partial charge in [0.05, 0.1) is 17.3 Å². The van der Waals surface area contributed by atoms with Crippen LogP contribution in [0.4, 0.5) is 14.6 Å². The van der Waals surface area contributed by atoms with E-state index < -0.39 is 11.5 Å². The van der Waals surface area contributed by atoms with E-state index in [0.29, 0.717) is 11.6 Å². The molecule has 3 heterocycles. The van der Waals surface area contributed by atoms with E-state index in [0.717, 1.165) is 35.2 Å². The number of hydrogen-bond donors (Lipinski definition) is 2. The monoisotopic (exact) mass is 456 g/mol. The second kappa shape index (κ2) is 8.06. The number of pyridine rings is 2. The van der Waals surface area contributed by atoms with Gasteiger partial charge in [-0.2, -0.15) is 5.10 Å². The number of nitrogens with zero attached hydrogens (tertiary/aromatic N) is 3. The average Bonchev–Trinajstić information content (AvgIpc) is 3.55. The quantitative estimate of drug-likeness (QED) is 0.575. The molecule has 0 spiro atoms. The summed E-state index contributed by atoms with van der Waals surface area (Å²) in [6.45, 7) is 1.79. The van der Waals surface area contributed by atoms with Crippen molar-refractivity contribution in [3.8, 4) is 16.9 Å². The minimum atomic E-state index is -2.72. The molecule has 2 fully saturated rings. The smallest absolute Gasteiger partial charge is 0.248 e. The molecule has 0 bridgehead atoms. The Morgan fingerprint density at radius 3 is 2.73 bits per heavy atom. The SMILES string of the molecule is Cc1cc(-c2ccn3nc(NC(=O)C4CC4)cc3c2)c(OCC2(O)CCC(F)(F)CC2)cn1. The van der Waals surface area contributed by atoms with Gasteiger partial charge in [0, 0.05) is 42.3 Å². The maximum Gasteiger partial charge on any atom is 0.248 e. The number of hydrogen-bond acceptors (Lipinski definition) is 5. The Bertz CT molecular complexity index is 1200. The molecule has 0 unspecified atom stereocenters. The van der Waals surface area contributed by atoms with Crippen LogP contribution in [0.3, 0.4) is 0 Å². The van der Waals surface area contributed by atoms with Gasteiger partial charge in [-0.1, -0.05) is 0 Å². The number of fused-ring (bicyclic) bond motifs is 1. The lowest BCUT2D eigenvalue weighted by Gasteiger charge is -2.35. The Kier molecular flexibility index (Phi) is 5.31. The number of rotatable bonds is 6. The summed E-state index contributed by atoms with van der Waals surface area (Å²) in [5.41, 5.74) is 1.93. The van der Waals surface area contributed by atoms with Crippen molar-refractivity contribution in [2.45, 2.75) is 57.0 Å². The first kappa shape index (κ1) is 21.8. The number of ether oxygens (including phenoxy) is 1. The van der Waals surface area contributed by atoms with Crippen molar-refractivity contribution in [3.63, 3.8) is 0 Å². The molecule has 9 heteroatoms. The Labute approximate surface area is 189 Å². The summed E-state index contributed by atoms with van der Waals surface area (Å²) >= 11 is 0. The number of aryl methyl sites for hydroxylation is 1. The molecule has 33 heavy (non-hydrogen) atoms. The van der Waals surface area contributed by atoms with Crippen molar-refractivity contribution >= 4 is 17.2 Å². The standard InChI is InChI=1S/C24H26F2N4O3/c1-15-10-19(20(13-27-15)33-14-23(32)5-7-24(25,26)8-6-23)17-4-9-30-18(11-17)12-21(29-30)28-22(31)16-2-3-16/h4,9-13,16,32H,2-3,5-8,14H2,1H3,(H,28,29,31). The van der Waals surface area contributed by atoms with Gasteiger partial charge in [0.2, 0.25) is 11.8 Å². The summed E-state index contributed by atoms with van der Waals surface area (Å²) in [5.74, 6) is -1.66. The molecule has 0 aliphatic heterocycles. The van der Waals surface area contributed by atoms with Crippen molar-refractivity contribution in [2.24, 2.45) is 5.92 Å². The van der Waals surface area contributed by atoms with Crippen LogP contribution >= 0.6 is 0 Å². The summed E-state index contributed by atoms with van der Waals surface area (Å²) in [7, 11) is 0. The maximum absolute atomic E-state index is 13.5. The van der Waals surface area contributed by atoms with Crippen molar-refractivity contribution < 1.29 is 23.4 Å². The number of carbonyl (C=O) groups is 1. The fraction of sp³-hybridized carbons (Fsp3) is 0.458. The zero-order valence-electron chi connectivity index (χ0n) is 18.4. The highest BCUT2D eigenvalue weighted by Crippen LogP contribution is 2.39. The second-order valence-corrected chi connectivity index (χ2v) is 9.27. The Morgan fingerprint density at radius 2 is 2.00 bits per heavy atom. The lowest BCUT2D eigenvalue weighted by Crippen LogP contribution is -2.43. The van der Waals surface area contributed by atoms with Crippen LogP contribution in [-0.4, -0.2) is 43.7 Å². The van der Waals surface area contributed by atoms with Gasteiger partial charge in [-0.05, 0) is 56.4 Å². The molecule has 3 aromatic rings. The van der Waals surface area contributed by atoms with E-state index in [9.17, 15) is 18.7 Å². The zero-order chi connectivity index (χ0) is 23.2. The summed E-state index contributed by atoms with van der Waals surface area (Å²) in [6.07, 6.45) is 4.53. The molecular formula is C24H26F2N4O3. The first-order valence-electron chi connectivity index (χ1n) is 11.2. The molecule has 3 aromatic heterocycles. The van der Waals surface area contributed by atoms with E-state index in [1.54, 1.807) is 16.9 Å². The highest BCUT2D eigenvalue weighted by atomic mass is 19.3. The van der Waals surface area contributed by atoms with Gasteiger partial charge < -0.3 is 15.2 Å². The number of alkyl halides is 2. The lowest BCUT2D eigenvalue weighted by molar-refractivity contribution is -0.117. The van der Waals surface area contributed by atoms with Crippen LogP contribution in [0.5, 0.6) is 5.75 Å². The number of nitrogens with one attached hydrogen (secondary N) is 1. The van der Waals surface area contributed by atoms with E-state index >= 15 is 0 Å². The molecule has 2 aliphatic carbocycles. The number of anilines is 1. The topological polar surface area (TPSA) is 88.8 Å². The van der Waals surface area contributed by atoms with Crippen LogP contribution in [0.2, 0.25) is 0 Å². The largest absolute Gasteiger partial charge is 0.488 e. The van der Waals surface area contributed by atoms with Gasteiger partial charge >= 0.3 is 0 Å². The van der Waals surface area contributed by atoms with Gasteiger partial charge in [-0.25, -0.2) is 13.3 Å². The van der Waals surface area contributed by atoms with Gasteiger partial charge in [0.1, 0.15) is 12.4 Å². The van der Waals surface area contributed by atoms with E-state index in [2.05, 4.69) is 15.4 Å². The minimum Gasteiger partial charge on any atom is -0.488 e. The third-order valence-corrected chi connectivity index (χ3v) is 6.39. The van der Waals surface area contributed by atoms with Crippen LogP contribution < -0.4 is 10.1 Å². The second-order valence-electron chi connectivity index (χ2n) is 9.27. The molecule has 2 saturated carbocycles. The van der Waals surface area contributed by atoms with Crippen LogP contribution in [0.25, 0.3) is 16.6 Å². The molecule has 2 aliphatic rings. The molecule has 1 amide bonds. The first-order valence-corrected chi connectivity index (χ1v) is 11.2. The molecule has 7 nitrogen and oxygen atoms in total. The number of aromatic nitrogens is 3. The molecule has 5 rings (SSSR count). The fourth-order valence-corrected chi connectivity index (χ4v) is 4.12. The van der Waals surface area contributed by atoms with E-state index in [-0.39, 0.29) is 44.1 Å². The minimum absolute atomic E-state index is 0.00233. The van der Waals surface area contributed by atoms with E-state index in [1.165, 1.54) is 0 Å². The summed E-state index contributed by atoms with van der Waals surface area (Å²) in [6, 6.07) is 7.50. The predicted octanol–water partition coefficient (Wildman–Crippen LogP) is 4.37. The summed E-state index contributed by atoms with van der Waals surface area (Å²) in [4.78, 5) is 16.3. The van der Waals surface area contributed by atoms with E-state index in [4.69, 9.17) is 4.74 Å². The van der Waals surface area contributed by atoms with Gasteiger partial charge in [0.15, 0.2) is 5.82 Å². The molecule has 0 aromatic carbocycles. The van der Waals surface area contributed by atoms with Crippen molar-refractivity contribution in [1.82, 2.24) is 14.6 Å². The third kappa shape index (κ3) is 4.83. The van der Waals surface area contributed by atoms with Crippen LogP contribution in [0, 0.1) is 12.8 Å². The van der Waals surface area contributed by atoms with Gasteiger partial charge in [-0.3, -0.25) is 9.78 Å². The molecular weight excluding hydrogens is 430 g/mol. The third-order valence-electron chi connectivity index (χ3n) is 6.39. The van der Waals surface area contributed by atoms with Crippen molar-refractivity contribution in [2.75, 3.05) is 11.9 Å². The first-order chi connectivity index (χ1) is 15.7. The maximum atomic E-state index is 13.5. The average molecular weight is 456 g/mol. The Hall–Kier alpha value is -3.07. The molecule has 2 N–H and O–H groups in total. The highest BCUT2D eigenvalue weighted by molar-refractivity contribution is 5.93. The van der Waals surface area contributed by atoms with Gasteiger partial charge in [-0.15, -0.1) is 0 Å². The van der Waals surface area contributed by atoms with Crippen LogP contribution in [0.1, 0.15) is 44.2 Å². The lowest BCUT2D eigenvalue weighted by atomic mass is 9.83. The predicted molar refractivity (Wildman–Crippen MR) is 118 cm³/mol.